The molecule has 0 amide bonds. The van der Waals surface area contributed by atoms with Crippen LogP contribution in [0.3, 0.4) is 0 Å². The third-order valence-electron chi connectivity index (χ3n) is 5.11. The van der Waals surface area contributed by atoms with E-state index >= 15 is 0 Å². The second kappa shape index (κ2) is 6.79. The summed E-state index contributed by atoms with van der Waals surface area (Å²) >= 11 is 0. The molecule has 0 unspecified atom stereocenters. The first-order chi connectivity index (χ1) is 13.3. The first-order valence-corrected chi connectivity index (χ1v) is 9.39. The molecule has 0 bridgehead atoms. The monoisotopic (exact) mass is 374 g/mol. The van der Waals surface area contributed by atoms with Crippen LogP contribution in [0.25, 0.3) is 22.2 Å². The number of aromatic amines is 1. The Morgan fingerprint density at radius 1 is 0.893 bits per heavy atom. The fourth-order valence-electron chi connectivity index (χ4n) is 3.44. The molecule has 0 radical (unpaired) electrons. The Balaban J connectivity index is 1.69. The molecule has 142 valence electrons. The summed E-state index contributed by atoms with van der Waals surface area (Å²) in [5.41, 5.74) is 5.92. The van der Waals surface area contributed by atoms with Crippen LogP contribution in [0.4, 0.5) is 4.39 Å². The van der Waals surface area contributed by atoms with Crippen molar-refractivity contribution in [3.05, 3.63) is 94.2 Å². The number of benzene rings is 3. The van der Waals surface area contributed by atoms with E-state index in [-0.39, 0.29) is 16.9 Å². The highest BCUT2D eigenvalue weighted by atomic mass is 19.1. The van der Waals surface area contributed by atoms with Gasteiger partial charge in [-0.2, -0.15) is 0 Å². The number of imidazole rings is 1. The Labute approximate surface area is 163 Å². The Morgan fingerprint density at radius 3 is 2.18 bits per heavy atom. The lowest BCUT2D eigenvalue weighted by Gasteiger charge is -2.19. The fraction of sp³-hybridized carbons (Fsp3) is 0.208. The van der Waals surface area contributed by atoms with Crippen molar-refractivity contribution in [2.45, 2.75) is 32.7 Å². The van der Waals surface area contributed by atoms with Gasteiger partial charge in [0.25, 0.3) is 0 Å². The molecule has 1 aromatic heterocycles. The number of aromatic nitrogens is 2. The molecule has 0 aliphatic carbocycles. The van der Waals surface area contributed by atoms with Crippen molar-refractivity contribution in [1.82, 2.24) is 9.55 Å². The summed E-state index contributed by atoms with van der Waals surface area (Å²) < 4.78 is 14.8. The molecule has 4 heteroatoms. The Morgan fingerprint density at radius 2 is 1.54 bits per heavy atom. The molecule has 0 saturated heterocycles. The van der Waals surface area contributed by atoms with Crippen LogP contribution in [0.2, 0.25) is 0 Å². The molecule has 3 nitrogen and oxygen atoms in total. The number of hydrogen-bond acceptors (Lipinski definition) is 1. The minimum Gasteiger partial charge on any atom is -0.306 e. The topological polar surface area (TPSA) is 37.8 Å². The summed E-state index contributed by atoms with van der Waals surface area (Å²) in [6, 6.07) is 20.8. The molecular formula is C24H23FN2O. The minimum atomic E-state index is -0.280. The van der Waals surface area contributed by atoms with Crippen molar-refractivity contribution < 1.29 is 4.39 Å². The Hall–Kier alpha value is -3.14. The lowest BCUT2D eigenvalue weighted by atomic mass is 9.86. The van der Waals surface area contributed by atoms with E-state index in [0.29, 0.717) is 6.54 Å². The zero-order chi connectivity index (χ0) is 19.9. The molecule has 28 heavy (non-hydrogen) atoms. The van der Waals surface area contributed by atoms with Crippen molar-refractivity contribution in [3.8, 4) is 11.1 Å². The summed E-state index contributed by atoms with van der Waals surface area (Å²) in [6.07, 6.45) is 0. The van der Waals surface area contributed by atoms with Crippen molar-refractivity contribution >= 4 is 11.0 Å². The van der Waals surface area contributed by atoms with Crippen LogP contribution in [0.15, 0.2) is 71.5 Å². The van der Waals surface area contributed by atoms with Crippen LogP contribution in [0, 0.1) is 5.82 Å². The predicted octanol–water partition coefficient (Wildman–Crippen LogP) is 5.48. The van der Waals surface area contributed by atoms with Crippen molar-refractivity contribution in [1.29, 1.82) is 0 Å². The van der Waals surface area contributed by atoms with Crippen LogP contribution >= 0.6 is 0 Å². The fourth-order valence-corrected chi connectivity index (χ4v) is 3.44. The summed E-state index contributed by atoms with van der Waals surface area (Å²) in [7, 11) is 0. The molecular weight excluding hydrogens is 351 g/mol. The minimum absolute atomic E-state index is 0.116. The van der Waals surface area contributed by atoms with Gasteiger partial charge >= 0.3 is 5.69 Å². The lowest BCUT2D eigenvalue weighted by Crippen LogP contribution is -2.17. The number of nitrogens with one attached hydrogen (secondary N) is 1. The summed E-state index contributed by atoms with van der Waals surface area (Å²) in [5.74, 6) is -0.280. The normalized spacial score (nSPS) is 11.9. The van der Waals surface area contributed by atoms with E-state index in [1.165, 1.54) is 17.7 Å². The molecule has 0 saturated carbocycles. The van der Waals surface area contributed by atoms with Gasteiger partial charge in [-0.3, -0.25) is 4.57 Å². The molecule has 0 atom stereocenters. The van der Waals surface area contributed by atoms with Crippen molar-refractivity contribution in [3.63, 3.8) is 0 Å². The lowest BCUT2D eigenvalue weighted by molar-refractivity contribution is 0.590. The molecule has 0 aliphatic rings. The number of fused-ring (bicyclic) bond motifs is 1. The first-order valence-electron chi connectivity index (χ1n) is 9.39. The van der Waals surface area contributed by atoms with E-state index in [0.717, 1.165) is 27.7 Å². The SMILES string of the molecule is CC(C)(C)c1ccc(-c2ccc3c(c2)[nH]c(=O)n3Cc2ccc(F)cc2)cc1. The zero-order valence-electron chi connectivity index (χ0n) is 16.3. The highest BCUT2D eigenvalue weighted by molar-refractivity contribution is 5.82. The van der Waals surface area contributed by atoms with E-state index in [1.54, 1.807) is 16.7 Å². The van der Waals surface area contributed by atoms with Gasteiger partial charge in [-0.05, 0) is 51.9 Å². The van der Waals surface area contributed by atoms with Gasteiger partial charge in [0.05, 0.1) is 17.6 Å². The molecule has 4 aromatic rings. The van der Waals surface area contributed by atoms with Gasteiger partial charge in [0, 0.05) is 0 Å². The van der Waals surface area contributed by atoms with E-state index in [1.807, 2.05) is 18.2 Å². The van der Waals surface area contributed by atoms with E-state index in [2.05, 4.69) is 50.0 Å². The summed E-state index contributed by atoms with van der Waals surface area (Å²) in [6.45, 7) is 6.99. The molecule has 0 fully saturated rings. The van der Waals surface area contributed by atoms with Crippen molar-refractivity contribution in [2.24, 2.45) is 0 Å². The molecule has 1 heterocycles. The molecule has 1 N–H and O–H groups in total. The third-order valence-corrected chi connectivity index (χ3v) is 5.11. The van der Waals surface area contributed by atoms with Crippen LogP contribution < -0.4 is 5.69 Å². The molecule has 0 spiro atoms. The van der Waals surface area contributed by atoms with Crippen LogP contribution in [0.5, 0.6) is 0 Å². The van der Waals surface area contributed by atoms with Gasteiger partial charge in [-0.25, -0.2) is 9.18 Å². The second-order valence-corrected chi connectivity index (χ2v) is 8.20. The van der Waals surface area contributed by atoms with Gasteiger partial charge in [0.2, 0.25) is 0 Å². The number of hydrogen-bond donors (Lipinski definition) is 1. The van der Waals surface area contributed by atoms with Crippen LogP contribution in [0.1, 0.15) is 31.9 Å². The standard InChI is InChI=1S/C24H23FN2O/c1-24(2,3)19-9-6-17(7-10-19)18-8-13-22-21(14-18)26-23(28)27(22)15-16-4-11-20(25)12-5-16/h4-14H,15H2,1-3H3,(H,26,28). The average molecular weight is 374 g/mol. The maximum absolute atomic E-state index is 13.1. The number of rotatable bonds is 3. The maximum atomic E-state index is 13.1. The van der Waals surface area contributed by atoms with Crippen LogP contribution in [-0.2, 0) is 12.0 Å². The third kappa shape index (κ3) is 3.50. The Bertz CT molecular complexity index is 1180. The average Bonchev–Trinajstić information content (AvgIpc) is 2.97. The second-order valence-electron chi connectivity index (χ2n) is 8.20. The first kappa shape index (κ1) is 18.2. The highest BCUT2D eigenvalue weighted by Gasteiger charge is 2.14. The smallest absolute Gasteiger partial charge is 0.306 e. The molecule has 4 rings (SSSR count). The highest BCUT2D eigenvalue weighted by Crippen LogP contribution is 2.27. The molecule has 0 aliphatic heterocycles. The zero-order valence-corrected chi connectivity index (χ0v) is 16.3. The van der Waals surface area contributed by atoms with Gasteiger partial charge in [-0.1, -0.05) is 63.2 Å². The number of nitrogens with zero attached hydrogens (tertiary/aromatic N) is 1. The van der Waals surface area contributed by atoms with Crippen LogP contribution in [-0.4, -0.2) is 9.55 Å². The van der Waals surface area contributed by atoms with Gasteiger partial charge < -0.3 is 4.98 Å². The van der Waals surface area contributed by atoms with E-state index in [9.17, 15) is 9.18 Å². The van der Waals surface area contributed by atoms with Gasteiger partial charge in [-0.15, -0.1) is 0 Å². The number of halogens is 1. The Kier molecular flexibility index (Phi) is 4.42. The van der Waals surface area contributed by atoms with E-state index < -0.39 is 0 Å². The van der Waals surface area contributed by atoms with Gasteiger partial charge in [0.15, 0.2) is 0 Å². The summed E-state index contributed by atoms with van der Waals surface area (Å²) in [4.78, 5) is 15.4. The predicted molar refractivity (Wildman–Crippen MR) is 112 cm³/mol. The van der Waals surface area contributed by atoms with Gasteiger partial charge in [0.1, 0.15) is 5.82 Å². The maximum Gasteiger partial charge on any atom is 0.326 e. The quantitative estimate of drug-likeness (QED) is 0.506. The number of H-pyrrole nitrogens is 1. The molecule has 3 aromatic carbocycles. The van der Waals surface area contributed by atoms with Crippen molar-refractivity contribution in [2.75, 3.05) is 0 Å². The van der Waals surface area contributed by atoms with E-state index in [4.69, 9.17) is 0 Å². The summed E-state index contributed by atoms with van der Waals surface area (Å²) in [5, 5.41) is 0. The largest absolute Gasteiger partial charge is 0.326 e.